The average Bonchev–Trinajstić information content (AvgIpc) is 3.90. The van der Waals surface area contributed by atoms with Crippen molar-refractivity contribution in [3.05, 3.63) is 205 Å². The van der Waals surface area contributed by atoms with Crippen LogP contribution in [0.15, 0.2) is 194 Å². The highest BCUT2D eigenvalue weighted by Gasteiger charge is 2.41. The number of para-hydroxylation sites is 4. The molecule has 0 spiro atoms. The molecule has 3 aromatic heterocycles. The van der Waals surface area contributed by atoms with E-state index in [9.17, 15) is 0 Å². The van der Waals surface area contributed by atoms with Gasteiger partial charge in [0.15, 0.2) is 5.82 Å². The van der Waals surface area contributed by atoms with Crippen LogP contribution in [0.4, 0.5) is 0 Å². The third kappa shape index (κ3) is 4.84. The molecule has 0 aliphatic heterocycles. The molecule has 8 aromatic carbocycles. The third-order valence-electron chi connectivity index (χ3n) is 12.5. The van der Waals surface area contributed by atoms with E-state index in [0.29, 0.717) is 5.82 Å². The zero-order valence-corrected chi connectivity index (χ0v) is 32.8. The van der Waals surface area contributed by atoms with Gasteiger partial charge in [-0.3, -0.25) is 0 Å². The summed E-state index contributed by atoms with van der Waals surface area (Å²) in [7, 11) is 0. The Bertz CT molecular complexity index is 3390. The molecule has 1 aliphatic carbocycles. The van der Waals surface area contributed by atoms with Crippen LogP contribution in [-0.2, 0) is 5.41 Å². The first-order chi connectivity index (χ1) is 29.1. The van der Waals surface area contributed by atoms with Crippen LogP contribution in [0.25, 0.3) is 100 Å². The van der Waals surface area contributed by atoms with E-state index in [2.05, 4.69) is 205 Å². The molecule has 0 atom stereocenters. The lowest BCUT2D eigenvalue weighted by Gasteiger charge is -2.23. The first-order valence-corrected chi connectivity index (χ1v) is 20.4. The number of hydrogen-bond donors (Lipinski definition) is 0. The van der Waals surface area contributed by atoms with E-state index in [-0.39, 0.29) is 5.41 Å². The van der Waals surface area contributed by atoms with Crippen LogP contribution in [0.5, 0.6) is 0 Å². The van der Waals surface area contributed by atoms with Gasteiger partial charge in [0, 0.05) is 54.9 Å². The number of nitrogens with zero attached hydrogens (tertiary/aromatic N) is 4. The van der Waals surface area contributed by atoms with Crippen molar-refractivity contribution < 1.29 is 0 Å². The largest absolute Gasteiger partial charge is 0.309 e. The maximum absolute atomic E-state index is 5.37. The van der Waals surface area contributed by atoms with Crippen LogP contribution in [0.3, 0.4) is 0 Å². The Hall–Kier alpha value is -7.56. The molecule has 0 amide bonds. The minimum Gasteiger partial charge on any atom is -0.309 e. The number of rotatable bonds is 5. The van der Waals surface area contributed by atoms with Gasteiger partial charge in [-0.05, 0) is 53.1 Å². The summed E-state index contributed by atoms with van der Waals surface area (Å²) in [4.78, 5) is 10.5. The Morgan fingerprint density at radius 1 is 0.441 bits per heavy atom. The van der Waals surface area contributed by atoms with Gasteiger partial charge in [0.05, 0.1) is 39.1 Å². The second-order valence-electron chi connectivity index (χ2n) is 16.1. The maximum Gasteiger partial charge on any atom is 0.160 e. The minimum atomic E-state index is -0.271. The summed E-state index contributed by atoms with van der Waals surface area (Å²) in [5, 5.41) is 5.05. The highest BCUT2D eigenvalue weighted by molar-refractivity contribution is 6.31. The third-order valence-corrected chi connectivity index (χ3v) is 12.5. The Labute approximate surface area is 342 Å². The first kappa shape index (κ1) is 33.6. The molecule has 0 N–H and O–H groups in total. The molecule has 0 saturated heterocycles. The van der Waals surface area contributed by atoms with Gasteiger partial charge >= 0.3 is 0 Å². The number of fused-ring (bicyclic) bond motifs is 12. The molecule has 4 nitrogen and oxygen atoms in total. The van der Waals surface area contributed by atoms with Crippen LogP contribution >= 0.6 is 0 Å². The summed E-state index contributed by atoms with van der Waals surface area (Å²) >= 11 is 0. The van der Waals surface area contributed by atoms with Crippen LogP contribution in [0, 0.1) is 0 Å². The molecule has 0 unspecified atom stereocenters. The standard InChI is InChI=1S/C55H38N4/c1-55(2)42-30-16-12-26-38(42)48-51(55)49-40-28-14-18-32-46(40)58(37-24-10-5-11-25-37)52(49)50-41-29-15-19-33-47(41)59(53(48)50)45-31-17-13-27-39(45)44-34-43(35-20-6-3-7-21-35)56-54(57-44)36-22-8-4-9-23-36/h3-34H,1-2H3. The van der Waals surface area contributed by atoms with Gasteiger partial charge in [-0.2, -0.15) is 0 Å². The zero-order valence-electron chi connectivity index (χ0n) is 32.8. The second kappa shape index (κ2) is 12.7. The smallest absolute Gasteiger partial charge is 0.160 e. The van der Waals surface area contributed by atoms with Crippen LogP contribution in [-0.4, -0.2) is 19.1 Å². The lowest BCUT2D eigenvalue weighted by Crippen LogP contribution is -2.15. The molecule has 3 heterocycles. The van der Waals surface area contributed by atoms with Crippen molar-refractivity contribution in [3.63, 3.8) is 0 Å². The SMILES string of the molecule is CC1(C)c2ccccc2-c2c1c1c3ccccc3n(-c3ccccc3)c1c1c3ccccc3n(-c3ccccc3-c3cc(-c4ccccc4)nc(-c4ccccc4)n3)c21. The van der Waals surface area contributed by atoms with Gasteiger partial charge in [0.2, 0.25) is 0 Å². The quantitative estimate of drug-likeness (QED) is 0.175. The maximum atomic E-state index is 5.37. The second-order valence-corrected chi connectivity index (χ2v) is 16.1. The van der Waals surface area contributed by atoms with E-state index in [4.69, 9.17) is 9.97 Å². The van der Waals surface area contributed by atoms with Crippen molar-refractivity contribution in [2.75, 3.05) is 0 Å². The molecule has 0 saturated carbocycles. The zero-order chi connectivity index (χ0) is 39.2. The van der Waals surface area contributed by atoms with E-state index in [0.717, 1.165) is 45.0 Å². The van der Waals surface area contributed by atoms with Crippen molar-refractivity contribution in [1.29, 1.82) is 0 Å². The van der Waals surface area contributed by atoms with E-state index in [1.807, 2.05) is 12.1 Å². The molecule has 11 aromatic rings. The van der Waals surface area contributed by atoms with E-state index in [1.165, 1.54) is 60.3 Å². The summed E-state index contributed by atoms with van der Waals surface area (Å²) in [6.45, 7) is 4.82. The van der Waals surface area contributed by atoms with Crippen molar-refractivity contribution in [1.82, 2.24) is 19.1 Å². The summed E-state index contributed by atoms with van der Waals surface area (Å²) in [5.74, 6) is 0.699. The lowest BCUT2D eigenvalue weighted by atomic mass is 9.80. The van der Waals surface area contributed by atoms with Crippen LogP contribution in [0.2, 0.25) is 0 Å². The normalized spacial score (nSPS) is 13.1. The van der Waals surface area contributed by atoms with E-state index < -0.39 is 0 Å². The van der Waals surface area contributed by atoms with E-state index in [1.54, 1.807) is 0 Å². The molecule has 12 rings (SSSR count). The van der Waals surface area contributed by atoms with Gasteiger partial charge in [0.1, 0.15) is 0 Å². The number of hydrogen-bond acceptors (Lipinski definition) is 2. The predicted octanol–water partition coefficient (Wildman–Crippen LogP) is 14.0. The Morgan fingerprint density at radius 3 is 1.71 bits per heavy atom. The first-order valence-electron chi connectivity index (χ1n) is 20.4. The number of benzene rings is 8. The lowest BCUT2D eigenvalue weighted by molar-refractivity contribution is 0.667. The Kier molecular flexibility index (Phi) is 7.24. The highest BCUT2D eigenvalue weighted by Crippen LogP contribution is 2.58. The van der Waals surface area contributed by atoms with E-state index >= 15 is 0 Å². The van der Waals surface area contributed by atoms with Gasteiger partial charge in [-0.25, -0.2) is 9.97 Å². The minimum absolute atomic E-state index is 0.271. The van der Waals surface area contributed by atoms with Crippen molar-refractivity contribution in [2.24, 2.45) is 0 Å². The van der Waals surface area contributed by atoms with Crippen molar-refractivity contribution >= 4 is 43.6 Å². The molecular formula is C55H38N4. The molecule has 0 fully saturated rings. The highest BCUT2D eigenvalue weighted by atomic mass is 15.0. The van der Waals surface area contributed by atoms with Crippen molar-refractivity contribution in [2.45, 2.75) is 19.3 Å². The monoisotopic (exact) mass is 754 g/mol. The molecule has 4 heteroatoms. The summed E-state index contributed by atoms with van der Waals surface area (Å²) in [6.07, 6.45) is 0. The molecular weight excluding hydrogens is 717 g/mol. The Balaban J connectivity index is 1.28. The molecule has 1 aliphatic rings. The van der Waals surface area contributed by atoms with Gasteiger partial charge in [-0.15, -0.1) is 0 Å². The summed E-state index contributed by atoms with van der Waals surface area (Å²) in [5.41, 5.74) is 16.9. The van der Waals surface area contributed by atoms with Crippen LogP contribution in [0.1, 0.15) is 25.0 Å². The fourth-order valence-corrected chi connectivity index (χ4v) is 10.00. The van der Waals surface area contributed by atoms with Crippen molar-refractivity contribution in [3.8, 4) is 56.4 Å². The van der Waals surface area contributed by atoms with Crippen LogP contribution < -0.4 is 0 Å². The molecule has 59 heavy (non-hydrogen) atoms. The van der Waals surface area contributed by atoms with Gasteiger partial charge < -0.3 is 9.13 Å². The fourth-order valence-electron chi connectivity index (χ4n) is 10.00. The average molecular weight is 755 g/mol. The molecule has 0 bridgehead atoms. The number of aromatic nitrogens is 4. The fraction of sp³-hybridized carbons (Fsp3) is 0.0545. The predicted molar refractivity (Wildman–Crippen MR) is 245 cm³/mol. The summed E-state index contributed by atoms with van der Waals surface area (Å²) < 4.78 is 5.05. The molecule has 278 valence electrons. The Morgan fingerprint density at radius 2 is 0.983 bits per heavy atom. The molecule has 0 radical (unpaired) electrons. The van der Waals surface area contributed by atoms with Gasteiger partial charge in [-0.1, -0.05) is 172 Å². The topological polar surface area (TPSA) is 35.6 Å². The summed E-state index contributed by atoms with van der Waals surface area (Å²) in [6, 6.07) is 69.6. The van der Waals surface area contributed by atoms with Gasteiger partial charge in [0.25, 0.3) is 0 Å².